The lowest BCUT2D eigenvalue weighted by Crippen LogP contribution is -2.30. The first-order chi connectivity index (χ1) is 12.1. The maximum atomic E-state index is 11.8. The van der Waals surface area contributed by atoms with E-state index in [-0.39, 0.29) is 6.03 Å². The number of nitrogens with one attached hydrogen (secondary N) is 2. The molecule has 2 aromatic carbocycles. The quantitative estimate of drug-likeness (QED) is 0.722. The Bertz CT molecular complexity index is 879. The third-order valence-corrected chi connectivity index (χ3v) is 3.69. The number of aromatic nitrogens is 2. The molecule has 0 fully saturated rings. The molecule has 128 valence electrons. The van der Waals surface area contributed by atoms with Gasteiger partial charge in [-0.1, -0.05) is 46.6 Å². The lowest BCUT2D eigenvalue weighted by Gasteiger charge is -2.06. The molecule has 2 N–H and O–H groups in total. The van der Waals surface area contributed by atoms with E-state index in [1.54, 1.807) is 24.3 Å². The summed E-state index contributed by atoms with van der Waals surface area (Å²) in [6.45, 7) is 2.38. The number of halogens is 1. The van der Waals surface area contributed by atoms with Crippen LogP contribution < -0.4 is 10.6 Å². The van der Waals surface area contributed by atoms with Gasteiger partial charge >= 0.3 is 6.03 Å². The normalized spacial score (nSPS) is 10.5. The van der Waals surface area contributed by atoms with Crippen molar-refractivity contribution in [1.29, 1.82) is 0 Å². The van der Waals surface area contributed by atoms with Gasteiger partial charge in [-0.3, -0.25) is 0 Å². The van der Waals surface area contributed by atoms with Gasteiger partial charge < -0.3 is 15.2 Å². The number of aryl methyl sites for hydroxylation is 1. The Morgan fingerprint density at radius 2 is 2.04 bits per heavy atom. The summed E-state index contributed by atoms with van der Waals surface area (Å²) in [6, 6.07) is 14.5. The predicted molar refractivity (Wildman–Crippen MR) is 96.6 cm³/mol. The first-order valence-electron chi connectivity index (χ1n) is 7.80. The minimum Gasteiger partial charge on any atom is -0.339 e. The zero-order chi connectivity index (χ0) is 17.6. The number of hydrogen-bond donors (Lipinski definition) is 2. The Morgan fingerprint density at radius 1 is 1.20 bits per heavy atom. The van der Waals surface area contributed by atoms with Crippen LogP contribution in [0.15, 0.2) is 53.1 Å². The molecule has 0 saturated heterocycles. The molecule has 6 nitrogen and oxygen atoms in total. The third kappa shape index (κ3) is 4.81. The molecule has 0 unspecified atom stereocenters. The summed E-state index contributed by atoms with van der Waals surface area (Å²) in [5.74, 6) is 1.02. The minimum absolute atomic E-state index is 0.319. The fourth-order valence-corrected chi connectivity index (χ4v) is 2.47. The van der Waals surface area contributed by atoms with E-state index in [1.165, 1.54) is 0 Å². The molecule has 0 atom stereocenters. The summed E-state index contributed by atoms with van der Waals surface area (Å²) in [4.78, 5) is 16.2. The monoisotopic (exact) mass is 356 g/mol. The van der Waals surface area contributed by atoms with Crippen LogP contribution in [-0.4, -0.2) is 22.7 Å². The highest BCUT2D eigenvalue weighted by molar-refractivity contribution is 6.30. The molecule has 3 rings (SSSR count). The van der Waals surface area contributed by atoms with Crippen LogP contribution in [0.4, 0.5) is 10.5 Å². The van der Waals surface area contributed by atoms with E-state index < -0.39 is 0 Å². The Morgan fingerprint density at radius 3 is 2.84 bits per heavy atom. The molecule has 1 heterocycles. The van der Waals surface area contributed by atoms with E-state index in [0.717, 1.165) is 11.1 Å². The Kier molecular flexibility index (Phi) is 5.30. The number of urea groups is 1. The van der Waals surface area contributed by atoms with E-state index in [1.807, 2.05) is 31.2 Å². The van der Waals surface area contributed by atoms with Gasteiger partial charge in [-0.25, -0.2) is 4.79 Å². The summed E-state index contributed by atoms with van der Waals surface area (Å²) in [5.41, 5.74) is 2.66. The minimum atomic E-state index is -0.319. The largest absolute Gasteiger partial charge is 0.339 e. The van der Waals surface area contributed by atoms with E-state index in [4.69, 9.17) is 16.1 Å². The highest BCUT2D eigenvalue weighted by atomic mass is 35.5. The SMILES string of the molecule is Cc1cccc(-c2noc(CCNC(=O)Nc3cccc(Cl)c3)n2)c1. The number of hydrogen-bond acceptors (Lipinski definition) is 4. The van der Waals surface area contributed by atoms with Crippen LogP contribution in [0.25, 0.3) is 11.4 Å². The third-order valence-electron chi connectivity index (χ3n) is 3.45. The summed E-state index contributed by atoms with van der Waals surface area (Å²) in [7, 11) is 0. The van der Waals surface area contributed by atoms with Gasteiger partial charge in [0.25, 0.3) is 0 Å². The first kappa shape index (κ1) is 17.0. The maximum absolute atomic E-state index is 11.8. The standard InChI is InChI=1S/C18H17ClN4O2/c1-12-4-2-5-13(10-12)17-22-16(25-23-17)8-9-20-18(24)21-15-7-3-6-14(19)11-15/h2-7,10-11H,8-9H2,1H3,(H2,20,21,24). The fourth-order valence-electron chi connectivity index (χ4n) is 2.28. The molecular weight excluding hydrogens is 340 g/mol. The number of anilines is 1. The zero-order valence-electron chi connectivity index (χ0n) is 13.6. The summed E-state index contributed by atoms with van der Waals surface area (Å²) < 4.78 is 5.22. The molecular formula is C18H17ClN4O2. The van der Waals surface area contributed by atoms with Gasteiger partial charge in [0.2, 0.25) is 11.7 Å². The molecule has 0 aliphatic heterocycles. The number of amides is 2. The van der Waals surface area contributed by atoms with Crippen molar-refractivity contribution in [2.45, 2.75) is 13.3 Å². The lowest BCUT2D eigenvalue weighted by atomic mass is 10.1. The Balaban J connectivity index is 1.50. The highest BCUT2D eigenvalue weighted by Gasteiger charge is 2.09. The molecule has 0 saturated carbocycles. The molecule has 1 aromatic heterocycles. The van der Waals surface area contributed by atoms with Crippen molar-refractivity contribution in [2.75, 3.05) is 11.9 Å². The average Bonchev–Trinajstić information content (AvgIpc) is 3.04. The van der Waals surface area contributed by atoms with Crippen molar-refractivity contribution < 1.29 is 9.32 Å². The smallest absolute Gasteiger partial charge is 0.319 e. The zero-order valence-corrected chi connectivity index (χ0v) is 14.4. The van der Waals surface area contributed by atoms with Crippen LogP contribution in [-0.2, 0) is 6.42 Å². The van der Waals surface area contributed by atoms with Gasteiger partial charge in [-0.2, -0.15) is 4.98 Å². The van der Waals surface area contributed by atoms with Crippen LogP contribution in [0.2, 0.25) is 5.02 Å². The van der Waals surface area contributed by atoms with Crippen molar-refractivity contribution >= 4 is 23.3 Å². The molecule has 2 amide bonds. The lowest BCUT2D eigenvalue weighted by molar-refractivity contribution is 0.252. The van der Waals surface area contributed by atoms with Gasteiger partial charge in [0, 0.05) is 29.2 Å². The Hall–Kier alpha value is -2.86. The second-order valence-corrected chi connectivity index (χ2v) is 5.96. The fraction of sp³-hybridized carbons (Fsp3) is 0.167. The average molecular weight is 357 g/mol. The Labute approximate surface area is 150 Å². The van der Waals surface area contributed by atoms with E-state index in [2.05, 4.69) is 20.8 Å². The van der Waals surface area contributed by atoms with Gasteiger partial charge in [-0.15, -0.1) is 0 Å². The first-order valence-corrected chi connectivity index (χ1v) is 8.18. The number of carbonyl (C=O) groups excluding carboxylic acids is 1. The van der Waals surface area contributed by atoms with E-state index in [0.29, 0.717) is 35.4 Å². The molecule has 3 aromatic rings. The van der Waals surface area contributed by atoms with Crippen LogP contribution in [0.5, 0.6) is 0 Å². The topological polar surface area (TPSA) is 80.0 Å². The predicted octanol–water partition coefficient (Wildman–Crippen LogP) is 4.06. The van der Waals surface area contributed by atoms with Crippen molar-refractivity contribution in [3.8, 4) is 11.4 Å². The van der Waals surface area contributed by atoms with E-state index in [9.17, 15) is 4.79 Å². The van der Waals surface area contributed by atoms with Crippen LogP contribution in [0.3, 0.4) is 0 Å². The summed E-state index contributed by atoms with van der Waals surface area (Å²) in [5, 5.41) is 9.98. The van der Waals surface area contributed by atoms with Crippen molar-refractivity contribution in [1.82, 2.24) is 15.5 Å². The molecule has 0 radical (unpaired) electrons. The highest BCUT2D eigenvalue weighted by Crippen LogP contribution is 2.17. The van der Waals surface area contributed by atoms with Crippen LogP contribution >= 0.6 is 11.6 Å². The summed E-state index contributed by atoms with van der Waals surface area (Å²) >= 11 is 5.88. The molecule has 25 heavy (non-hydrogen) atoms. The van der Waals surface area contributed by atoms with Crippen LogP contribution in [0.1, 0.15) is 11.5 Å². The van der Waals surface area contributed by atoms with E-state index >= 15 is 0 Å². The molecule has 0 aliphatic carbocycles. The number of nitrogens with zero attached hydrogens (tertiary/aromatic N) is 2. The van der Waals surface area contributed by atoms with Gasteiger partial charge in [0.05, 0.1) is 0 Å². The van der Waals surface area contributed by atoms with Crippen molar-refractivity contribution in [3.63, 3.8) is 0 Å². The second kappa shape index (κ2) is 7.81. The number of rotatable bonds is 5. The molecule has 0 bridgehead atoms. The number of carbonyl (C=O) groups is 1. The van der Waals surface area contributed by atoms with Crippen LogP contribution in [0, 0.1) is 6.92 Å². The van der Waals surface area contributed by atoms with Gasteiger partial charge in [0.15, 0.2) is 0 Å². The second-order valence-electron chi connectivity index (χ2n) is 5.52. The van der Waals surface area contributed by atoms with Gasteiger partial charge in [0.1, 0.15) is 0 Å². The molecule has 7 heteroatoms. The number of benzene rings is 2. The molecule has 0 spiro atoms. The van der Waals surface area contributed by atoms with Gasteiger partial charge in [-0.05, 0) is 31.2 Å². The summed E-state index contributed by atoms with van der Waals surface area (Å²) in [6.07, 6.45) is 0.446. The van der Waals surface area contributed by atoms with Crippen molar-refractivity contribution in [2.24, 2.45) is 0 Å². The maximum Gasteiger partial charge on any atom is 0.319 e. The van der Waals surface area contributed by atoms with Crippen molar-refractivity contribution in [3.05, 3.63) is 65.0 Å². The molecule has 0 aliphatic rings.